The molecule has 0 spiro atoms. The summed E-state index contributed by atoms with van der Waals surface area (Å²) in [6.07, 6.45) is 8.73. The van der Waals surface area contributed by atoms with E-state index in [0.717, 1.165) is 23.6 Å². The van der Waals surface area contributed by atoms with Gasteiger partial charge in [-0.3, -0.25) is 4.57 Å². The van der Waals surface area contributed by atoms with Crippen LogP contribution in [0.3, 0.4) is 0 Å². The predicted molar refractivity (Wildman–Crippen MR) is 119 cm³/mol. The summed E-state index contributed by atoms with van der Waals surface area (Å²) < 4.78 is 2.02. The molecule has 0 atom stereocenters. The molecule has 4 aliphatic rings. The number of hydrogen-bond acceptors (Lipinski definition) is 5. The molecule has 0 aromatic carbocycles. The Hall–Kier alpha value is -2.99. The number of guanidine groups is 1. The number of amidine groups is 2. The van der Waals surface area contributed by atoms with Crippen LogP contribution >= 0.6 is 11.6 Å². The van der Waals surface area contributed by atoms with Crippen molar-refractivity contribution in [3.05, 3.63) is 69.8 Å². The van der Waals surface area contributed by atoms with E-state index in [2.05, 4.69) is 38.1 Å². The number of halogens is 1. The Morgan fingerprint density at radius 1 is 0.862 bits per heavy atom. The molecule has 6 nitrogen and oxygen atoms in total. The first-order chi connectivity index (χ1) is 13.9. The van der Waals surface area contributed by atoms with Crippen molar-refractivity contribution in [1.82, 2.24) is 9.47 Å². The van der Waals surface area contributed by atoms with Crippen LogP contribution in [-0.4, -0.2) is 33.1 Å². The van der Waals surface area contributed by atoms with Crippen molar-refractivity contribution in [3.8, 4) is 0 Å². The molecule has 4 heterocycles. The Labute approximate surface area is 174 Å². The fraction of sp³-hybridized carbons (Fsp3) is 0.273. The summed E-state index contributed by atoms with van der Waals surface area (Å²) in [6, 6.07) is 4.11. The molecular weight excluding hydrogens is 384 g/mol. The van der Waals surface area contributed by atoms with Gasteiger partial charge in [-0.25, -0.2) is 9.89 Å². The van der Waals surface area contributed by atoms with Crippen LogP contribution in [0.5, 0.6) is 0 Å². The number of hydrogen-bond donors (Lipinski definition) is 0. The molecule has 29 heavy (non-hydrogen) atoms. The second-order valence-corrected chi connectivity index (χ2v) is 8.15. The van der Waals surface area contributed by atoms with E-state index < -0.39 is 0 Å². The van der Waals surface area contributed by atoms with E-state index in [4.69, 9.17) is 31.6 Å². The van der Waals surface area contributed by atoms with Crippen LogP contribution in [0.25, 0.3) is 0 Å². The van der Waals surface area contributed by atoms with Gasteiger partial charge in [-0.2, -0.15) is 15.0 Å². The van der Waals surface area contributed by atoms with Gasteiger partial charge in [0.25, 0.3) is 0 Å². The van der Waals surface area contributed by atoms with Crippen molar-refractivity contribution < 1.29 is 0 Å². The van der Waals surface area contributed by atoms with Crippen molar-refractivity contribution in [2.24, 2.45) is 25.9 Å². The van der Waals surface area contributed by atoms with Gasteiger partial charge < -0.3 is 0 Å². The molecule has 0 N–H and O–H groups in total. The van der Waals surface area contributed by atoms with Gasteiger partial charge >= 0.3 is 0 Å². The Bertz CT molecular complexity index is 1140. The van der Waals surface area contributed by atoms with Crippen LogP contribution in [-0.2, 0) is 0 Å². The highest BCUT2D eigenvalue weighted by molar-refractivity contribution is 6.35. The number of nitrogens with zero attached hydrogens (tertiary/aromatic N) is 6. The molecule has 3 aliphatic heterocycles. The highest BCUT2D eigenvalue weighted by Gasteiger charge is 2.33. The average Bonchev–Trinajstić information content (AvgIpc) is 3.16. The zero-order valence-electron chi connectivity index (χ0n) is 16.8. The third kappa shape index (κ3) is 2.95. The molecular formula is C22H21ClN6. The molecule has 1 aromatic rings. The SMILES string of the molecule is CC1=CC=C(C)C1CC1=NC2=NC(n3c(C)ccc3C)=NC3=CC(Cl)=CC(=N1)N32. The van der Waals surface area contributed by atoms with E-state index in [1.54, 1.807) is 0 Å². The van der Waals surface area contributed by atoms with Crippen molar-refractivity contribution in [1.29, 1.82) is 0 Å². The molecule has 1 aliphatic carbocycles. The van der Waals surface area contributed by atoms with Crippen LogP contribution in [0.15, 0.2) is 78.4 Å². The first-order valence-electron chi connectivity index (χ1n) is 9.63. The summed E-state index contributed by atoms with van der Waals surface area (Å²) in [5.74, 6) is 3.64. The molecule has 0 radical (unpaired) electrons. The highest BCUT2D eigenvalue weighted by atomic mass is 35.5. The summed E-state index contributed by atoms with van der Waals surface area (Å²) in [7, 11) is 0. The zero-order valence-corrected chi connectivity index (χ0v) is 17.6. The lowest BCUT2D eigenvalue weighted by Gasteiger charge is -2.32. The second kappa shape index (κ2) is 6.52. The van der Waals surface area contributed by atoms with E-state index in [-0.39, 0.29) is 0 Å². The van der Waals surface area contributed by atoms with Crippen molar-refractivity contribution in [2.45, 2.75) is 34.1 Å². The minimum Gasteiger partial charge on any atom is -0.287 e. The lowest BCUT2D eigenvalue weighted by molar-refractivity contribution is 0.694. The largest absolute Gasteiger partial charge is 0.287 e. The van der Waals surface area contributed by atoms with Crippen LogP contribution < -0.4 is 0 Å². The van der Waals surface area contributed by atoms with Crippen LogP contribution in [0.2, 0.25) is 0 Å². The van der Waals surface area contributed by atoms with Gasteiger partial charge in [0.2, 0.25) is 11.9 Å². The highest BCUT2D eigenvalue weighted by Crippen LogP contribution is 2.32. The molecule has 0 saturated heterocycles. The van der Waals surface area contributed by atoms with Gasteiger partial charge in [0.05, 0.1) is 0 Å². The van der Waals surface area contributed by atoms with Crippen LogP contribution in [0, 0.1) is 19.8 Å². The lowest BCUT2D eigenvalue weighted by atomic mass is 9.94. The molecule has 0 amide bonds. The fourth-order valence-electron chi connectivity index (χ4n) is 4.05. The second-order valence-electron chi connectivity index (χ2n) is 7.72. The van der Waals surface area contributed by atoms with E-state index >= 15 is 0 Å². The maximum absolute atomic E-state index is 6.38. The molecule has 0 bridgehead atoms. The van der Waals surface area contributed by atoms with Gasteiger partial charge in [-0.1, -0.05) is 34.9 Å². The van der Waals surface area contributed by atoms with Gasteiger partial charge in [-0.05, 0) is 39.8 Å². The third-order valence-electron chi connectivity index (χ3n) is 5.65. The first kappa shape index (κ1) is 18.1. The summed E-state index contributed by atoms with van der Waals surface area (Å²) >= 11 is 6.38. The Morgan fingerprint density at radius 2 is 1.55 bits per heavy atom. The molecule has 1 aromatic heterocycles. The number of allylic oxidation sites excluding steroid dienone is 6. The molecule has 7 heteroatoms. The zero-order chi connectivity index (χ0) is 20.3. The molecule has 0 unspecified atom stereocenters. The minimum atomic E-state index is 0.328. The van der Waals surface area contributed by atoms with Crippen LogP contribution in [0.1, 0.15) is 31.7 Å². The molecule has 0 fully saturated rings. The molecule has 146 valence electrons. The van der Waals surface area contributed by atoms with E-state index in [1.165, 1.54) is 11.1 Å². The topological polar surface area (TPSA) is 57.6 Å². The number of rotatable bonds is 2. The maximum atomic E-state index is 6.38. The summed E-state index contributed by atoms with van der Waals surface area (Å²) in [6.45, 7) is 8.38. The minimum absolute atomic E-state index is 0.328. The van der Waals surface area contributed by atoms with Crippen molar-refractivity contribution >= 4 is 35.2 Å². The number of aliphatic imine (C=N–C) groups is 4. The average molecular weight is 405 g/mol. The Kier molecular flexibility index (Phi) is 4.06. The monoisotopic (exact) mass is 404 g/mol. The van der Waals surface area contributed by atoms with Crippen molar-refractivity contribution in [2.75, 3.05) is 0 Å². The first-order valence-corrected chi connectivity index (χ1v) is 10.0. The predicted octanol–water partition coefficient (Wildman–Crippen LogP) is 4.68. The standard InChI is InChI=1S/C22H21ClN6/c1-12-5-6-13(2)17(12)11-18-24-19-9-16(23)10-20-26-22(27-21(25-18)29(19)20)28-14(3)7-8-15(28)4/h5-10,17H,11H2,1-4H3. The quantitative estimate of drug-likeness (QED) is 0.705. The van der Waals surface area contributed by atoms with E-state index in [9.17, 15) is 0 Å². The normalized spacial score (nSPS) is 20.8. The smallest absolute Gasteiger partial charge is 0.242 e. The fourth-order valence-corrected chi connectivity index (χ4v) is 4.25. The number of aryl methyl sites for hydroxylation is 2. The van der Waals surface area contributed by atoms with E-state index in [1.807, 2.05) is 35.5 Å². The molecule has 5 rings (SSSR count). The Balaban J connectivity index is 1.60. The third-order valence-corrected chi connectivity index (χ3v) is 5.86. The molecule has 0 saturated carbocycles. The van der Waals surface area contributed by atoms with Gasteiger partial charge in [0, 0.05) is 40.9 Å². The van der Waals surface area contributed by atoms with Gasteiger partial charge in [-0.15, -0.1) is 0 Å². The maximum Gasteiger partial charge on any atom is 0.242 e. The van der Waals surface area contributed by atoms with Crippen molar-refractivity contribution in [3.63, 3.8) is 0 Å². The van der Waals surface area contributed by atoms with E-state index in [0.29, 0.717) is 34.5 Å². The summed E-state index contributed by atoms with van der Waals surface area (Å²) in [5.41, 5.74) is 4.80. The van der Waals surface area contributed by atoms with Crippen LogP contribution in [0.4, 0.5) is 0 Å². The Morgan fingerprint density at radius 3 is 2.24 bits per heavy atom. The lowest BCUT2D eigenvalue weighted by Crippen LogP contribution is -2.42. The summed E-state index contributed by atoms with van der Waals surface area (Å²) in [4.78, 5) is 21.0. The summed E-state index contributed by atoms with van der Waals surface area (Å²) in [5, 5.41) is 0.592. The van der Waals surface area contributed by atoms with Gasteiger partial charge in [0.15, 0.2) is 0 Å². The van der Waals surface area contributed by atoms with Gasteiger partial charge in [0.1, 0.15) is 17.5 Å². The number of aromatic nitrogens is 1.